The highest BCUT2D eigenvalue weighted by Gasteiger charge is 2.20. The minimum atomic E-state index is 0.400. The fourth-order valence-electron chi connectivity index (χ4n) is 1.71. The molecular formula is C10H19NO. The molecule has 1 unspecified atom stereocenters. The van der Waals surface area contributed by atoms with Crippen LogP contribution in [0.5, 0.6) is 0 Å². The molecule has 1 aliphatic heterocycles. The van der Waals surface area contributed by atoms with E-state index in [2.05, 4.69) is 18.7 Å². The van der Waals surface area contributed by atoms with Gasteiger partial charge >= 0.3 is 0 Å². The first kappa shape index (κ1) is 9.72. The molecule has 0 bridgehead atoms. The molecule has 1 rings (SSSR count). The first-order valence-corrected chi connectivity index (χ1v) is 4.80. The summed E-state index contributed by atoms with van der Waals surface area (Å²) in [6.45, 7) is 6.15. The number of likely N-dealkylation sites (tertiary alicyclic amines) is 1. The molecule has 2 nitrogen and oxygen atoms in total. The van der Waals surface area contributed by atoms with E-state index < -0.39 is 0 Å². The van der Waals surface area contributed by atoms with E-state index >= 15 is 0 Å². The zero-order valence-electron chi connectivity index (χ0n) is 8.34. The topological polar surface area (TPSA) is 20.3 Å². The van der Waals surface area contributed by atoms with Crippen molar-refractivity contribution in [3.05, 3.63) is 0 Å². The van der Waals surface area contributed by atoms with Gasteiger partial charge in [0.15, 0.2) is 0 Å². The lowest BCUT2D eigenvalue weighted by Gasteiger charge is -2.26. The zero-order chi connectivity index (χ0) is 9.14. The summed E-state index contributed by atoms with van der Waals surface area (Å²) in [6.07, 6.45) is 2.00. The van der Waals surface area contributed by atoms with E-state index in [1.54, 1.807) is 0 Å². The maximum atomic E-state index is 11.4. The van der Waals surface area contributed by atoms with Crippen molar-refractivity contribution in [2.24, 2.45) is 11.8 Å². The molecule has 0 radical (unpaired) electrons. The van der Waals surface area contributed by atoms with Gasteiger partial charge in [-0.2, -0.15) is 0 Å². The molecule has 1 fully saturated rings. The third-order valence-electron chi connectivity index (χ3n) is 2.93. The molecule has 0 aromatic heterocycles. The molecule has 2 heteroatoms. The van der Waals surface area contributed by atoms with Gasteiger partial charge in [-0.15, -0.1) is 0 Å². The average molecular weight is 169 g/mol. The molecule has 0 amide bonds. The van der Waals surface area contributed by atoms with E-state index in [9.17, 15) is 4.79 Å². The van der Waals surface area contributed by atoms with Crippen LogP contribution in [0.3, 0.4) is 0 Å². The van der Waals surface area contributed by atoms with Crippen molar-refractivity contribution in [1.29, 1.82) is 0 Å². The lowest BCUT2D eigenvalue weighted by molar-refractivity contribution is -0.121. The number of rotatable bonds is 0. The van der Waals surface area contributed by atoms with Crippen LogP contribution in [0.15, 0.2) is 0 Å². The Bertz CT molecular complexity index is 167. The number of carbonyl (C=O) groups is 1. The molecule has 0 saturated carbocycles. The van der Waals surface area contributed by atoms with E-state index in [1.165, 1.54) is 6.42 Å². The van der Waals surface area contributed by atoms with Gasteiger partial charge in [0.2, 0.25) is 0 Å². The summed E-state index contributed by atoms with van der Waals surface area (Å²) in [7, 11) is 2.03. The van der Waals surface area contributed by atoms with Crippen molar-refractivity contribution in [1.82, 2.24) is 4.90 Å². The summed E-state index contributed by atoms with van der Waals surface area (Å²) in [6, 6.07) is 0. The number of Topliss-reactive ketones (excluding diaryl/α,β-unsaturated/α-hetero) is 1. The van der Waals surface area contributed by atoms with Gasteiger partial charge in [-0.3, -0.25) is 9.69 Å². The third kappa shape index (κ3) is 2.59. The second-order valence-electron chi connectivity index (χ2n) is 4.22. The average Bonchev–Trinajstić information content (AvgIpc) is 1.98. The SMILES string of the molecule is CC1CC(=O)CN(C)CC[C@@H]1C. The lowest BCUT2D eigenvalue weighted by Crippen LogP contribution is -2.33. The van der Waals surface area contributed by atoms with Crippen LogP contribution < -0.4 is 0 Å². The Morgan fingerprint density at radius 3 is 2.67 bits per heavy atom. The second kappa shape index (κ2) is 4.04. The quantitative estimate of drug-likeness (QED) is 0.548. The largest absolute Gasteiger partial charge is 0.299 e. The van der Waals surface area contributed by atoms with Gasteiger partial charge in [0.1, 0.15) is 5.78 Å². The Morgan fingerprint density at radius 1 is 1.33 bits per heavy atom. The predicted octanol–water partition coefficient (Wildman–Crippen LogP) is 1.55. The summed E-state index contributed by atoms with van der Waals surface area (Å²) in [5.74, 6) is 1.67. The van der Waals surface area contributed by atoms with Crippen molar-refractivity contribution in [2.75, 3.05) is 20.1 Å². The van der Waals surface area contributed by atoms with E-state index in [4.69, 9.17) is 0 Å². The summed E-state index contributed by atoms with van der Waals surface area (Å²) in [5.41, 5.74) is 0. The fourth-order valence-corrected chi connectivity index (χ4v) is 1.71. The van der Waals surface area contributed by atoms with Crippen molar-refractivity contribution in [2.45, 2.75) is 26.7 Å². The normalized spacial score (nSPS) is 34.4. The summed E-state index contributed by atoms with van der Waals surface area (Å²) in [5, 5.41) is 0. The minimum absolute atomic E-state index is 0.400. The van der Waals surface area contributed by atoms with Crippen LogP contribution in [0.4, 0.5) is 0 Å². The maximum absolute atomic E-state index is 11.4. The molecule has 0 spiro atoms. The molecule has 70 valence electrons. The van der Waals surface area contributed by atoms with Crippen molar-refractivity contribution >= 4 is 5.78 Å². The molecule has 1 aliphatic rings. The van der Waals surface area contributed by atoms with E-state index in [0.717, 1.165) is 13.0 Å². The third-order valence-corrected chi connectivity index (χ3v) is 2.93. The number of carbonyl (C=O) groups excluding carboxylic acids is 1. The van der Waals surface area contributed by atoms with Gasteiger partial charge in [-0.05, 0) is 31.8 Å². The maximum Gasteiger partial charge on any atom is 0.147 e. The van der Waals surface area contributed by atoms with Crippen LogP contribution in [0.1, 0.15) is 26.7 Å². The molecule has 0 aromatic rings. The highest BCUT2D eigenvalue weighted by atomic mass is 16.1. The summed E-state index contributed by atoms with van der Waals surface area (Å²) < 4.78 is 0. The van der Waals surface area contributed by atoms with Gasteiger partial charge in [0, 0.05) is 6.42 Å². The summed E-state index contributed by atoms with van der Waals surface area (Å²) in [4.78, 5) is 13.5. The van der Waals surface area contributed by atoms with Crippen molar-refractivity contribution < 1.29 is 4.79 Å². The fraction of sp³-hybridized carbons (Fsp3) is 0.900. The lowest BCUT2D eigenvalue weighted by atomic mass is 9.87. The highest BCUT2D eigenvalue weighted by molar-refractivity contribution is 5.80. The molecule has 0 N–H and O–H groups in total. The highest BCUT2D eigenvalue weighted by Crippen LogP contribution is 2.21. The van der Waals surface area contributed by atoms with Crippen LogP contribution >= 0.6 is 0 Å². The van der Waals surface area contributed by atoms with Crippen LogP contribution in [0, 0.1) is 11.8 Å². The predicted molar refractivity (Wildman–Crippen MR) is 50.1 cm³/mol. The first-order chi connectivity index (χ1) is 5.59. The van der Waals surface area contributed by atoms with Gasteiger partial charge < -0.3 is 0 Å². The molecule has 2 atom stereocenters. The van der Waals surface area contributed by atoms with Crippen molar-refractivity contribution in [3.8, 4) is 0 Å². The Hall–Kier alpha value is -0.370. The molecule has 1 heterocycles. The van der Waals surface area contributed by atoms with E-state index in [-0.39, 0.29) is 0 Å². The molecule has 0 aliphatic carbocycles. The monoisotopic (exact) mass is 169 g/mol. The Balaban J connectivity index is 2.52. The van der Waals surface area contributed by atoms with Crippen LogP contribution in [-0.4, -0.2) is 30.8 Å². The van der Waals surface area contributed by atoms with E-state index in [0.29, 0.717) is 24.2 Å². The standard InChI is InChI=1S/C10H19NO/c1-8-4-5-11(3)7-10(12)6-9(8)2/h8-9H,4-7H2,1-3H3/t8-,9?/m0/s1. The van der Waals surface area contributed by atoms with Crippen LogP contribution in [-0.2, 0) is 4.79 Å². The molecule has 0 aromatic carbocycles. The van der Waals surface area contributed by atoms with Gasteiger partial charge in [0.05, 0.1) is 6.54 Å². The number of hydrogen-bond acceptors (Lipinski definition) is 2. The number of ketones is 1. The Kier molecular flexibility index (Phi) is 3.27. The van der Waals surface area contributed by atoms with Gasteiger partial charge in [0.25, 0.3) is 0 Å². The smallest absolute Gasteiger partial charge is 0.147 e. The van der Waals surface area contributed by atoms with Crippen LogP contribution in [0.2, 0.25) is 0 Å². The first-order valence-electron chi connectivity index (χ1n) is 4.80. The molecular weight excluding hydrogens is 150 g/mol. The van der Waals surface area contributed by atoms with Gasteiger partial charge in [-0.25, -0.2) is 0 Å². The zero-order valence-corrected chi connectivity index (χ0v) is 8.34. The number of likely N-dealkylation sites (N-methyl/N-ethyl adjacent to an activating group) is 1. The minimum Gasteiger partial charge on any atom is -0.299 e. The number of hydrogen-bond donors (Lipinski definition) is 0. The Morgan fingerprint density at radius 2 is 2.00 bits per heavy atom. The van der Waals surface area contributed by atoms with Crippen molar-refractivity contribution in [3.63, 3.8) is 0 Å². The van der Waals surface area contributed by atoms with Crippen LogP contribution in [0.25, 0.3) is 0 Å². The second-order valence-corrected chi connectivity index (χ2v) is 4.22. The van der Waals surface area contributed by atoms with E-state index in [1.807, 2.05) is 7.05 Å². The van der Waals surface area contributed by atoms with Gasteiger partial charge in [-0.1, -0.05) is 13.8 Å². The molecule has 12 heavy (non-hydrogen) atoms. The molecule has 1 saturated heterocycles. The summed E-state index contributed by atoms with van der Waals surface area (Å²) >= 11 is 0. The Labute approximate surface area is 74.9 Å². The number of nitrogens with zero attached hydrogens (tertiary/aromatic N) is 1.